The minimum absolute atomic E-state index is 0.238. The van der Waals surface area contributed by atoms with Gasteiger partial charge in [-0.25, -0.2) is 4.98 Å². The van der Waals surface area contributed by atoms with E-state index in [0.29, 0.717) is 10.8 Å². The number of thioether (sulfide) groups is 1. The second-order valence-corrected chi connectivity index (χ2v) is 4.17. The van der Waals surface area contributed by atoms with Crippen LogP contribution < -0.4 is 5.73 Å². The number of rotatable bonds is 4. The summed E-state index contributed by atoms with van der Waals surface area (Å²) in [6.45, 7) is 0. The first-order chi connectivity index (χ1) is 7.66. The number of hydrogen-bond acceptors (Lipinski definition) is 5. The van der Waals surface area contributed by atoms with Gasteiger partial charge in [0.2, 0.25) is 0 Å². The van der Waals surface area contributed by atoms with Crippen LogP contribution in [0.4, 0.5) is 0 Å². The van der Waals surface area contributed by atoms with Crippen molar-refractivity contribution in [2.24, 2.45) is 5.73 Å². The van der Waals surface area contributed by atoms with Gasteiger partial charge in [-0.3, -0.25) is 4.79 Å². The Morgan fingerprint density at radius 2 is 2.31 bits per heavy atom. The van der Waals surface area contributed by atoms with Crippen LogP contribution in [-0.2, 0) is 4.79 Å². The molecule has 2 rings (SSSR count). The zero-order valence-corrected chi connectivity index (χ0v) is 9.11. The monoisotopic (exact) mass is 238 g/mol. The van der Waals surface area contributed by atoms with E-state index >= 15 is 0 Å². The maximum absolute atomic E-state index is 10.5. The number of benzene rings is 1. The van der Waals surface area contributed by atoms with Crippen molar-refractivity contribution in [1.82, 2.24) is 4.98 Å². The first-order valence-corrected chi connectivity index (χ1v) is 5.62. The number of aliphatic carboxylic acids is 1. The minimum atomic E-state index is -1.02. The van der Waals surface area contributed by atoms with E-state index in [2.05, 4.69) is 4.98 Å². The molecule has 16 heavy (non-hydrogen) atoms. The van der Waals surface area contributed by atoms with Gasteiger partial charge in [-0.1, -0.05) is 23.9 Å². The van der Waals surface area contributed by atoms with E-state index < -0.39 is 12.0 Å². The lowest BCUT2D eigenvalue weighted by atomic mass is 10.3. The first-order valence-electron chi connectivity index (χ1n) is 4.63. The van der Waals surface area contributed by atoms with E-state index in [1.165, 1.54) is 11.8 Å². The molecule has 1 unspecified atom stereocenters. The summed E-state index contributed by atoms with van der Waals surface area (Å²) in [7, 11) is 0. The van der Waals surface area contributed by atoms with Gasteiger partial charge in [0.1, 0.15) is 11.6 Å². The highest BCUT2D eigenvalue weighted by Crippen LogP contribution is 2.23. The maximum Gasteiger partial charge on any atom is 0.321 e. The lowest BCUT2D eigenvalue weighted by molar-refractivity contribution is -0.137. The Hall–Kier alpha value is -1.53. The standard InChI is InChI=1S/C10H10N2O3S/c11-6(9(13)14)5-16-10-12-7-3-1-2-4-8(7)15-10/h1-4,6H,5,11H2,(H,13,14). The van der Waals surface area contributed by atoms with Gasteiger partial charge >= 0.3 is 5.97 Å². The lowest BCUT2D eigenvalue weighted by Gasteiger charge is -2.01. The van der Waals surface area contributed by atoms with Crippen LogP contribution in [0.25, 0.3) is 11.1 Å². The van der Waals surface area contributed by atoms with Crippen molar-refractivity contribution in [3.8, 4) is 0 Å². The number of oxazole rings is 1. The second kappa shape index (κ2) is 4.54. The summed E-state index contributed by atoms with van der Waals surface area (Å²) in [5, 5.41) is 9.05. The van der Waals surface area contributed by atoms with E-state index in [0.717, 1.165) is 5.52 Å². The molecule has 0 radical (unpaired) electrons. The maximum atomic E-state index is 10.5. The third-order valence-corrected chi connectivity index (χ3v) is 2.93. The number of carboxylic acids is 1. The molecule has 0 spiro atoms. The molecule has 0 amide bonds. The van der Waals surface area contributed by atoms with Crippen LogP contribution in [0.2, 0.25) is 0 Å². The van der Waals surface area contributed by atoms with Crippen molar-refractivity contribution >= 4 is 28.8 Å². The predicted molar refractivity (Wildman–Crippen MR) is 60.3 cm³/mol. The highest BCUT2D eigenvalue weighted by atomic mass is 32.2. The summed E-state index contributed by atoms with van der Waals surface area (Å²) in [4.78, 5) is 14.7. The van der Waals surface area contributed by atoms with Crippen LogP contribution in [0.15, 0.2) is 33.9 Å². The number of carboxylic acid groups (broad SMARTS) is 1. The minimum Gasteiger partial charge on any atom is -0.480 e. The molecule has 1 heterocycles. The fourth-order valence-corrected chi connectivity index (χ4v) is 1.92. The fraction of sp³-hybridized carbons (Fsp3) is 0.200. The Labute approximate surface area is 95.6 Å². The van der Waals surface area contributed by atoms with E-state index in [9.17, 15) is 4.79 Å². The third kappa shape index (κ3) is 2.34. The smallest absolute Gasteiger partial charge is 0.321 e. The van der Waals surface area contributed by atoms with Gasteiger partial charge in [0, 0.05) is 5.75 Å². The quantitative estimate of drug-likeness (QED) is 0.781. The molecule has 5 nitrogen and oxygen atoms in total. The Balaban J connectivity index is 2.07. The van der Waals surface area contributed by atoms with Gasteiger partial charge in [-0.2, -0.15) is 0 Å². The molecular formula is C10H10N2O3S. The molecule has 0 saturated heterocycles. The Morgan fingerprint density at radius 1 is 1.56 bits per heavy atom. The molecule has 2 aromatic rings. The molecule has 0 fully saturated rings. The number of hydrogen-bond donors (Lipinski definition) is 2. The average molecular weight is 238 g/mol. The topological polar surface area (TPSA) is 89.4 Å². The summed E-state index contributed by atoms with van der Waals surface area (Å²) in [5.74, 6) is -0.786. The lowest BCUT2D eigenvalue weighted by Crippen LogP contribution is -2.32. The van der Waals surface area contributed by atoms with Crippen molar-refractivity contribution in [3.63, 3.8) is 0 Å². The summed E-state index contributed by atoms with van der Waals surface area (Å²) in [6, 6.07) is 6.46. The van der Waals surface area contributed by atoms with Crippen molar-refractivity contribution in [2.75, 3.05) is 5.75 Å². The molecule has 0 saturated carbocycles. The molecule has 6 heteroatoms. The predicted octanol–water partition coefficient (Wildman–Crippen LogP) is 1.33. The Kier molecular flexibility index (Phi) is 3.12. The molecule has 1 aromatic heterocycles. The molecule has 1 atom stereocenters. The molecular weight excluding hydrogens is 228 g/mol. The van der Waals surface area contributed by atoms with E-state index in [-0.39, 0.29) is 5.75 Å². The normalized spacial score (nSPS) is 12.8. The summed E-state index contributed by atoms with van der Waals surface area (Å²) in [6.07, 6.45) is 0. The number of fused-ring (bicyclic) bond motifs is 1. The van der Waals surface area contributed by atoms with Crippen molar-refractivity contribution < 1.29 is 14.3 Å². The highest BCUT2D eigenvalue weighted by molar-refractivity contribution is 7.99. The molecule has 84 valence electrons. The molecule has 0 bridgehead atoms. The third-order valence-electron chi connectivity index (χ3n) is 1.98. The van der Waals surface area contributed by atoms with Gasteiger partial charge in [-0.15, -0.1) is 0 Å². The number of aromatic nitrogens is 1. The van der Waals surface area contributed by atoms with Gasteiger partial charge in [-0.05, 0) is 12.1 Å². The number of nitrogens with zero attached hydrogens (tertiary/aromatic N) is 1. The van der Waals surface area contributed by atoms with Crippen LogP contribution in [-0.4, -0.2) is 27.9 Å². The van der Waals surface area contributed by atoms with E-state index in [1.807, 2.05) is 24.3 Å². The first kappa shape index (κ1) is 11.0. The summed E-state index contributed by atoms with van der Waals surface area (Å²) < 4.78 is 5.40. The Morgan fingerprint density at radius 3 is 3.00 bits per heavy atom. The van der Waals surface area contributed by atoms with Crippen molar-refractivity contribution in [3.05, 3.63) is 24.3 Å². The number of carbonyl (C=O) groups is 1. The largest absolute Gasteiger partial charge is 0.480 e. The van der Waals surface area contributed by atoms with Gasteiger partial charge in [0.15, 0.2) is 5.58 Å². The van der Waals surface area contributed by atoms with Gasteiger partial charge < -0.3 is 15.3 Å². The highest BCUT2D eigenvalue weighted by Gasteiger charge is 2.14. The van der Waals surface area contributed by atoms with Crippen LogP contribution in [0.5, 0.6) is 0 Å². The molecule has 1 aromatic carbocycles. The van der Waals surface area contributed by atoms with Gasteiger partial charge in [0.05, 0.1) is 0 Å². The Bertz CT molecular complexity index is 478. The molecule has 0 aliphatic rings. The number of nitrogens with two attached hydrogens (primary N) is 1. The van der Waals surface area contributed by atoms with E-state index in [1.54, 1.807) is 0 Å². The zero-order chi connectivity index (χ0) is 11.5. The summed E-state index contributed by atoms with van der Waals surface area (Å²) >= 11 is 1.20. The van der Waals surface area contributed by atoms with Crippen LogP contribution >= 0.6 is 11.8 Å². The van der Waals surface area contributed by atoms with Gasteiger partial charge in [0.25, 0.3) is 5.22 Å². The van der Waals surface area contributed by atoms with E-state index in [4.69, 9.17) is 15.3 Å². The average Bonchev–Trinajstić information content (AvgIpc) is 2.68. The van der Waals surface area contributed by atoms with Crippen LogP contribution in [0.1, 0.15) is 0 Å². The molecule has 0 aliphatic heterocycles. The zero-order valence-electron chi connectivity index (χ0n) is 8.29. The molecule has 3 N–H and O–H groups in total. The fourth-order valence-electron chi connectivity index (χ4n) is 1.15. The van der Waals surface area contributed by atoms with Crippen LogP contribution in [0, 0.1) is 0 Å². The SMILES string of the molecule is NC(CSc1nc2ccccc2o1)C(=O)O. The molecule has 0 aliphatic carbocycles. The van der Waals surface area contributed by atoms with Crippen molar-refractivity contribution in [1.29, 1.82) is 0 Å². The van der Waals surface area contributed by atoms with Crippen LogP contribution in [0.3, 0.4) is 0 Å². The number of para-hydroxylation sites is 2. The summed E-state index contributed by atoms with van der Waals surface area (Å²) in [5.41, 5.74) is 6.82. The van der Waals surface area contributed by atoms with Crippen molar-refractivity contribution in [2.45, 2.75) is 11.3 Å². The second-order valence-electron chi connectivity index (χ2n) is 3.20.